The average molecular weight is 308 g/mol. The molecule has 1 fully saturated rings. The highest BCUT2D eigenvalue weighted by molar-refractivity contribution is 5.34. The zero-order valence-electron chi connectivity index (χ0n) is 12.0. The molecular formula is C16H18F2N2O2. The fourth-order valence-corrected chi connectivity index (χ4v) is 2.80. The van der Waals surface area contributed by atoms with Gasteiger partial charge >= 0.3 is 6.61 Å². The Morgan fingerprint density at radius 1 is 1.14 bits per heavy atom. The van der Waals surface area contributed by atoms with Crippen LogP contribution in [0.25, 0.3) is 0 Å². The van der Waals surface area contributed by atoms with E-state index in [1.807, 2.05) is 18.2 Å². The van der Waals surface area contributed by atoms with E-state index in [-0.39, 0.29) is 11.8 Å². The van der Waals surface area contributed by atoms with Crippen molar-refractivity contribution in [2.24, 2.45) is 0 Å². The fourth-order valence-electron chi connectivity index (χ4n) is 2.80. The second kappa shape index (κ2) is 6.89. The summed E-state index contributed by atoms with van der Waals surface area (Å²) in [5.74, 6) is 0.968. The topological polar surface area (TPSA) is 37.6 Å². The lowest BCUT2D eigenvalue weighted by Crippen LogP contribution is -2.45. The standard InChI is InChI=1S/C16H18F2N2O2/c17-16(18)22-13-4-1-3-12(11-13)15(14-5-2-10-21-14)20-8-6-19-7-9-20/h1-5,10-11,15-16,19H,6-9H2/t15-/m0/s1. The Labute approximate surface area is 127 Å². The van der Waals surface area contributed by atoms with Crippen LogP contribution in [-0.2, 0) is 0 Å². The molecule has 1 aromatic carbocycles. The summed E-state index contributed by atoms with van der Waals surface area (Å²) in [5, 5.41) is 3.31. The maximum absolute atomic E-state index is 12.4. The minimum absolute atomic E-state index is 0.0988. The molecule has 0 unspecified atom stereocenters. The van der Waals surface area contributed by atoms with Gasteiger partial charge in [-0.15, -0.1) is 0 Å². The van der Waals surface area contributed by atoms with E-state index in [0.29, 0.717) is 0 Å². The van der Waals surface area contributed by atoms with Crippen molar-refractivity contribution in [3.63, 3.8) is 0 Å². The van der Waals surface area contributed by atoms with Crippen LogP contribution in [0.2, 0.25) is 0 Å². The second-order valence-corrected chi connectivity index (χ2v) is 5.15. The molecule has 2 aromatic rings. The maximum atomic E-state index is 12.4. The van der Waals surface area contributed by atoms with E-state index < -0.39 is 6.61 Å². The zero-order valence-corrected chi connectivity index (χ0v) is 12.0. The molecule has 4 nitrogen and oxygen atoms in total. The summed E-state index contributed by atoms with van der Waals surface area (Å²) in [7, 11) is 0. The van der Waals surface area contributed by atoms with E-state index in [1.54, 1.807) is 18.4 Å². The number of benzene rings is 1. The first kappa shape index (κ1) is 15.0. The van der Waals surface area contributed by atoms with Gasteiger partial charge in [0.2, 0.25) is 0 Å². The Balaban J connectivity index is 1.91. The molecule has 1 atom stereocenters. The molecule has 0 bridgehead atoms. The highest BCUT2D eigenvalue weighted by Crippen LogP contribution is 2.31. The highest BCUT2D eigenvalue weighted by Gasteiger charge is 2.26. The number of furan rings is 1. The summed E-state index contributed by atoms with van der Waals surface area (Å²) >= 11 is 0. The second-order valence-electron chi connectivity index (χ2n) is 5.15. The van der Waals surface area contributed by atoms with Crippen molar-refractivity contribution in [1.82, 2.24) is 10.2 Å². The first-order valence-electron chi connectivity index (χ1n) is 7.27. The van der Waals surface area contributed by atoms with Crippen LogP contribution in [0.15, 0.2) is 47.1 Å². The smallest absolute Gasteiger partial charge is 0.387 e. The minimum Gasteiger partial charge on any atom is -0.467 e. The van der Waals surface area contributed by atoms with E-state index in [1.165, 1.54) is 6.07 Å². The van der Waals surface area contributed by atoms with Crippen molar-refractivity contribution in [2.75, 3.05) is 26.2 Å². The molecule has 6 heteroatoms. The van der Waals surface area contributed by atoms with Gasteiger partial charge in [0.25, 0.3) is 0 Å². The normalized spacial score (nSPS) is 17.6. The van der Waals surface area contributed by atoms with E-state index in [9.17, 15) is 8.78 Å². The van der Waals surface area contributed by atoms with Gasteiger partial charge in [-0.2, -0.15) is 8.78 Å². The number of hydrogen-bond acceptors (Lipinski definition) is 4. The largest absolute Gasteiger partial charge is 0.467 e. The van der Waals surface area contributed by atoms with Gasteiger partial charge in [0.05, 0.1) is 12.3 Å². The summed E-state index contributed by atoms with van der Waals surface area (Å²) in [5.41, 5.74) is 0.884. The van der Waals surface area contributed by atoms with Crippen LogP contribution >= 0.6 is 0 Å². The van der Waals surface area contributed by atoms with Crippen LogP contribution < -0.4 is 10.1 Å². The van der Waals surface area contributed by atoms with Gasteiger partial charge in [-0.3, -0.25) is 4.90 Å². The monoisotopic (exact) mass is 308 g/mol. The summed E-state index contributed by atoms with van der Waals surface area (Å²) in [6, 6.07) is 10.5. The lowest BCUT2D eigenvalue weighted by atomic mass is 10.0. The van der Waals surface area contributed by atoms with E-state index in [0.717, 1.165) is 37.5 Å². The molecule has 0 radical (unpaired) electrons. The number of nitrogens with zero attached hydrogens (tertiary/aromatic N) is 1. The number of alkyl halides is 2. The van der Waals surface area contributed by atoms with E-state index >= 15 is 0 Å². The van der Waals surface area contributed by atoms with Crippen LogP contribution in [0, 0.1) is 0 Å². The molecular weight excluding hydrogens is 290 g/mol. The Morgan fingerprint density at radius 3 is 2.64 bits per heavy atom. The first-order valence-corrected chi connectivity index (χ1v) is 7.27. The average Bonchev–Trinajstić information content (AvgIpc) is 3.02. The Bertz CT molecular complexity index is 584. The number of hydrogen-bond donors (Lipinski definition) is 1. The third-order valence-corrected chi connectivity index (χ3v) is 3.73. The quantitative estimate of drug-likeness (QED) is 0.921. The summed E-state index contributed by atoms with van der Waals surface area (Å²) in [4.78, 5) is 2.27. The van der Waals surface area contributed by atoms with Gasteiger partial charge in [-0.25, -0.2) is 0 Å². The van der Waals surface area contributed by atoms with Gasteiger partial charge in [0.1, 0.15) is 11.5 Å². The molecule has 0 spiro atoms. The Morgan fingerprint density at radius 2 is 1.95 bits per heavy atom. The zero-order chi connectivity index (χ0) is 15.4. The summed E-state index contributed by atoms with van der Waals surface area (Å²) in [6.07, 6.45) is 1.63. The number of rotatable bonds is 5. The molecule has 2 heterocycles. The van der Waals surface area contributed by atoms with Crippen molar-refractivity contribution < 1.29 is 17.9 Å². The molecule has 1 saturated heterocycles. The molecule has 1 aliphatic rings. The molecule has 22 heavy (non-hydrogen) atoms. The van der Waals surface area contributed by atoms with Crippen molar-refractivity contribution in [1.29, 1.82) is 0 Å². The van der Waals surface area contributed by atoms with E-state index in [4.69, 9.17) is 4.42 Å². The number of halogens is 2. The Hall–Kier alpha value is -1.92. The maximum Gasteiger partial charge on any atom is 0.387 e. The molecule has 0 aliphatic carbocycles. The number of nitrogens with one attached hydrogen (secondary N) is 1. The molecule has 0 amide bonds. The Kier molecular flexibility index (Phi) is 4.70. The molecule has 1 aliphatic heterocycles. The number of ether oxygens (including phenoxy) is 1. The van der Waals surface area contributed by atoms with Crippen molar-refractivity contribution >= 4 is 0 Å². The third-order valence-electron chi connectivity index (χ3n) is 3.73. The fraction of sp³-hybridized carbons (Fsp3) is 0.375. The summed E-state index contributed by atoms with van der Waals surface area (Å²) < 4.78 is 34.9. The van der Waals surface area contributed by atoms with Crippen LogP contribution in [0.1, 0.15) is 17.4 Å². The van der Waals surface area contributed by atoms with Crippen LogP contribution in [0.4, 0.5) is 8.78 Å². The molecule has 1 N–H and O–H groups in total. The predicted octanol–water partition coefficient (Wildman–Crippen LogP) is 2.88. The van der Waals surface area contributed by atoms with Crippen molar-refractivity contribution in [3.05, 3.63) is 54.0 Å². The molecule has 118 valence electrons. The lowest BCUT2D eigenvalue weighted by Gasteiger charge is -2.34. The number of piperazine rings is 1. The van der Waals surface area contributed by atoms with Gasteiger partial charge in [-0.05, 0) is 29.8 Å². The van der Waals surface area contributed by atoms with Crippen LogP contribution in [0.3, 0.4) is 0 Å². The minimum atomic E-state index is -2.82. The predicted molar refractivity (Wildman–Crippen MR) is 78.1 cm³/mol. The molecule has 1 aromatic heterocycles. The van der Waals surface area contributed by atoms with Gasteiger partial charge in [-0.1, -0.05) is 12.1 Å². The van der Waals surface area contributed by atoms with E-state index in [2.05, 4.69) is 15.0 Å². The molecule has 3 rings (SSSR count). The summed E-state index contributed by atoms with van der Waals surface area (Å²) in [6.45, 7) is 0.697. The van der Waals surface area contributed by atoms with Gasteiger partial charge in [0, 0.05) is 26.2 Å². The lowest BCUT2D eigenvalue weighted by molar-refractivity contribution is -0.0499. The SMILES string of the molecule is FC(F)Oc1cccc([C@@H](c2ccco2)N2CCNCC2)c1. The van der Waals surface area contributed by atoms with Gasteiger partial charge in [0.15, 0.2) is 0 Å². The highest BCUT2D eigenvalue weighted by atomic mass is 19.3. The van der Waals surface area contributed by atoms with Gasteiger partial charge < -0.3 is 14.5 Å². The van der Waals surface area contributed by atoms with Crippen LogP contribution in [0.5, 0.6) is 5.75 Å². The van der Waals surface area contributed by atoms with Crippen LogP contribution in [-0.4, -0.2) is 37.7 Å². The third kappa shape index (κ3) is 3.45. The van der Waals surface area contributed by atoms with Crippen molar-refractivity contribution in [3.8, 4) is 5.75 Å². The first-order chi connectivity index (χ1) is 10.7. The molecule has 0 saturated carbocycles. The van der Waals surface area contributed by atoms with Crippen molar-refractivity contribution in [2.45, 2.75) is 12.7 Å².